The van der Waals surface area contributed by atoms with Crippen molar-refractivity contribution in [1.82, 2.24) is 0 Å². The summed E-state index contributed by atoms with van der Waals surface area (Å²) in [4.78, 5) is 0. The first-order valence-corrected chi connectivity index (χ1v) is 2.72. The van der Waals surface area contributed by atoms with Gasteiger partial charge in [-0.3, -0.25) is 0 Å². The summed E-state index contributed by atoms with van der Waals surface area (Å²) < 4.78 is 0. The van der Waals surface area contributed by atoms with Crippen LogP contribution in [0.5, 0.6) is 0 Å². The van der Waals surface area contributed by atoms with Gasteiger partial charge in [0.25, 0.3) is 0 Å². The van der Waals surface area contributed by atoms with Gasteiger partial charge in [-0.15, -0.1) is 0 Å². The summed E-state index contributed by atoms with van der Waals surface area (Å²) in [6, 6.07) is 0. The summed E-state index contributed by atoms with van der Waals surface area (Å²) in [6.07, 6.45) is 1.22. The molecule has 0 amide bonds. The zero-order valence-electron chi connectivity index (χ0n) is 5.86. The van der Waals surface area contributed by atoms with Crippen molar-refractivity contribution in [1.29, 1.82) is 5.41 Å². The van der Waals surface area contributed by atoms with Gasteiger partial charge in [0.05, 0.1) is 0 Å². The van der Waals surface area contributed by atoms with E-state index in [1.165, 1.54) is 6.21 Å². The number of allylic oxidation sites excluding steroid dienone is 3. The summed E-state index contributed by atoms with van der Waals surface area (Å²) in [7, 11) is 0. The number of hydrogen-bond donors (Lipinski definition) is 2. The third-order valence-electron chi connectivity index (χ3n) is 1.03. The Morgan fingerprint density at radius 1 is 1.56 bits per heavy atom. The van der Waals surface area contributed by atoms with E-state index in [0.717, 1.165) is 11.1 Å². The van der Waals surface area contributed by atoms with Gasteiger partial charge < -0.3 is 11.1 Å². The first-order valence-electron chi connectivity index (χ1n) is 2.72. The maximum atomic E-state index is 6.90. The van der Waals surface area contributed by atoms with Crippen molar-refractivity contribution in [2.75, 3.05) is 0 Å². The molecule has 0 rings (SSSR count). The smallest absolute Gasteiger partial charge is 0.0269 e. The van der Waals surface area contributed by atoms with Gasteiger partial charge in [-0.1, -0.05) is 6.58 Å². The van der Waals surface area contributed by atoms with Crippen molar-refractivity contribution >= 4 is 6.21 Å². The van der Waals surface area contributed by atoms with Gasteiger partial charge in [-0.25, -0.2) is 0 Å². The van der Waals surface area contributed by atoms with E-state index in [2.05, 4.69) is 6.58 Å². The topological polar surface area (TPSA) is 49.9 Å². The van der Waals surface area contributed by atoms with E-state index in [1.54, 1.807) is 6.92 Å². The monoisotopic (exact) mass is 124 g/mol. The van der Waals surface area contributed by atoms with Gasteiger partial charge in [0, 0.05) is 17.5 Å². The van der Waals surface area contributed by atoms with Crippen LogP contribution in [0.1, 0.15) is 13.8 Å². The van der Waals surface area contributed by atoms with Crippen LogP contribution in [0.3, 0.4) is 0 Å². The first-order chi connectivity index (χ1) is 4.09. The zero-order valence-corrected chi connectivity index (χ0v) is 5.86. The number of rotatable bonds is 2. The Bertz CT molecular complexity index is 162. The average molecular weight is 124 g/mol. The van der Waals surface area contributed by atoms with Crippen LogP contribution >= 0.6 is 0 Å². The van der Waals surface area contributed by atoms with Gasteiger partial charge in [-0.05, 0) is 19.4 Å². The van der Waals surface area contributed by atoms with Gasteiger partial charge in [0.15, 0.2) is 0 Å². The molecular formula is C7H12N2. The second-order valence-corrected chi connectivity index (χ2v) is 2.02. The minimum Gasteiger partial charge on any atom is -0.402 e. The predicted octanol–water partition coefficient (Wildman–Crippen LogP) is 1.44. The molecule has 0 aliphatic rings. The lowest BCUT2D eigenvalue weighted by Crippen LogP contribution is -1.99. The number of nitrogens with one attached hydrogen (secondary N) is 1. The fourth-order valence-electron chi connectivity index (χ4n) is 0.574. The Labute approximate surface area is 55.6 Å². The lowest BCUT2D eigenvalue weighted by atomic mass is 10.1. The third-order valence-corrected chi connectivity index (χ3v) is 1.03. The van der Waals surface area contributed by atoms with Crippen molar-refractivity contribution in [2.45, 2.75) is 13.8 Å². The molecule has 0 saturated heterocycles. The molecule has 0 radical (unpaired) electrons. The van der Waals surface area contributed by atoms with Crippen LogP contribution in [0.25, 0.3) is 0 Å². The second-order valence-electron chi connectivity index (χ2n) is 2.02. The molecule has 0 saturated carbocycles. The molecule has 0 fully saturated rings. The van der Waals surface area contributed by atoms with Crippen molar-refractivity contribution < 1.29 is 0 Å². The molecule has 0 spiro atoms. The van der Waals surface area contributed by atoms with E-state index >= 15 is 0 Å². The highest BCUT2D eigenvalue weighted by Crippen LogP contribution is 2.04. The maximum Gasteiger partial charge on any atom is 0.0269 e. The molecule has 50 valence electrons. The molecule has 0 aromatic carbocycles. The number of nitrogens with two attached hydrogens (primary N) is 1. The van der Waals surface area contributed by atoms with Crippen LogP contribution in [-0.4, -0.2) is 6.21 Å². The molecule has 0 aromatic heterocycles. The minimum absolute atomic E-state index is 0.650. The minimum atomic E-state index is 0.650. The van der Waals surface area contributed by atoms with Crippen LogP contribution in [-0.2, 0) is 0 Å². The lowest BCUT2D eigenvalue weighted by Gasteiger charge is -1.99. The molecule has 2 nitrogen and oxygen atoms in total. The van der Waals surface area contributed by atoms with E-state index in [9.17, 15) is 0 Å². The molecule has 0 bridgehead atoms. The molecule has 0 aliphatic heterocycles. The van der Waals surface area contributed by atoms with Crippen molar-refractivity contribution in [3.05, 3.63) is 23.4 Å². The Hall–Kier alpha value is -1.05. The molecule has 0 unspecified atom stereocenters. The van der Waals surface area contributed by atoms with Crippen LogP contribution in [0.4, 0.5) is 0 Å². The number of hydrogen-bond acceptors (Lipinski definition) is 2. The molecule has 3 N–H and O–H groups in total. The van der Waals surface area contributed by atoms with E-state index in [4.69, 9.17) is 11.1 Å². The van der Waals surface area contributed by atoms with Crippen molar-refractivity contribution in [3.8, 4) is 0 Å². The molecule has 0 heterocycles. The zero-order chi connectivity index (χ0) is 7.44. The molecule has 0 atom stereocenters. The quantitative estimate of drug-likeness (QED) is 0.424. The molecule has 0 aliphatic carbocycles. The standard InChI is InChI=1S/C7H12N2/c1-5(2)7(4-8)6(3)9/h4,8H,1,9H2,2-3H3/b7-6+,8-4?. The molecule has 9 heavy (non-hydrogen) atoms. The first kappa shape index (κ1) is 7.95. The normalized spacial score (nSPS) is 12.2. The Morgan fingerprint density at radius 2 is 2.00 bits per heavy atom. The average Bonchev–Trinajstić information content (AvgIpc) is 1.64. The van der Waals surface area contributed by atoms with Gasteiger partial charge in [0.2, 0.25) is 0 Å². The summed E-state index contributed by atoms with van der Waals surface area (Å²) in [5.74, 6) is 0. The van der Waals surface area contributed by atoms with Gasteiger partial charge >= 0.3 is 0 Å². The molecular weight excluding hydrogens is 112 g/mol. The lowest BCUT2D eigenvalue weighted by molar-refractivity contribution is 1.26. The second kappa shape index (κ2) is 3.07. The highest BCUT2D eigenvalue weighted by molar-refractivity contribution is 5.82. The summed E-state index contributed by atoms with van der Waals surface area (Å²) in [6.45, 7) is 7.25. The highest BCUT2D eigenvalue weighted by Gasteiger charge is 1.94. The Kier molecular flexibility index (Phi) is 2.71. The Balaban J connectivity index is 4.55. The molecule has 0 aromatic rings. The van der Waals surface area contributed by atoms with Gasteiger partial charge in [0.1, 0.15) is 0 Å². The molecule has 2 heteroatoms. The van der Waals surface area contributed by atoms with Crippen LogP contribution in [0, 0.1) is 5.41 Å². The Morgan fingerprint density at radius 3 is 2.00 bits per heavy atom. The van der Waals surface area contributed by atoms with Crippen molar-refractivity contribution in [3.63, 3.8) is 0 Å². The fourth-order valence-corrected chi connectivity index (χ4v) is 0.574. The van der Waals surface area contributed by atoms with Crippen LogP contribution in [0.15, 0.2) is 23.4 Å². The van der Waals surface area contributed by atoms with Crippen LogP contribution < -0.4 is 5.73 Å². The highest BCUT2D eigenvalue weighted by atomic mass is 14.6. The fraction of sp³-hybridized carbons (Fsp3) is 0.286. The van der Waals surface area contributed by atoms with Crippen molar-refractivity contribution in [2.24, 2.45) is 5.73 Å². The maximum absolute atomic E-state index is 6.90. The summed E-state index contributed by atoms with van der Waals surface area (Å²) in [5, 5.41) is 6.90. The van der Waals surface area contributed by atoms with E-state index in [1.807, 2.05) is 6.92 Å². The van der Waals surface area contributed by atoms with E-state index < -0.39 is 0 Å². The summed E-state index contributed by atoms with van der Waals surface area (Å²) >= 11 is 0. The van der Waals surface area contributed by atoms with Gasteiger partial charge in [-0.2, -0.15) is 0 Å². The van der Waals surface area contributed by atoms with E-state index in [0.29, 0.717) is 5.70 Å². The summed E-state index contributed by atoms with van der Waals surface area (Å²) in [5.41, 5.74) is 7.64. The predicted molar refractivity (Wildman–Crippen MR) is 40.5 cm³/mol. The third kappa shape index (κ3) is 2.13. The van der Waals surface area contributed by atoms with E-state index in [-0.39, 0.29) is 0 Å². The SMILES string of the molecule is C=C(C)/C(C=N)=C(\C)N. The largest absolute Gasteiger partial charge is 0.402 e. The van der Waals surface area contributed by atoms with Crippen LogP contribution in [0.2, 0.25) is 0 Å².